The van der Waals surface area contributed by atoms with Gasteiger partial charge in [0.1, 0.15) is 0 Å². The third kappa shape index (κ3) is 3.16. The van der Waals surface area contributed by atoms with Crippen molar-refractivity contribution in [3.63, 3.8) is 0 Å². The van der Waals surface area contributed by atoms with Gasteiger partial charge in [-0.2, -0.15) is 0 Å². The highest BCUT2D eigenvalue weighted by atomic mass is 14.3. The second kappa shape index (κ2) is 6.41. The lowest BCUT2D eigenvalue weighted by Crippen LogP contribution is -2.18. The van der Waals surface area contributed by atoms with Gasteiger partial charge in [-0.1, -0.05) is 66.7 Å². The fourth-order valence-corrected chi connectivity index (χ4v) is 3.14. The van der Waals surface area contributed by atoms with Crippen LogP contribution in [0, 0.1) is 17.8 Å². The Morgan fingerprint density at radius 1 is 0.944 bits per heavy atom. The molecule has 0 heterocycles. The van der Waals surface area contributed by atoms with Crippen molar-refractivity contribution < 1.29 is 0 Å². The Hall–Kier alpha value is -0.780. The first-order chi connectivity index (χ1) is 8.40. The largest absolute Gasteiger partial charge is 0.0619 e. The van der Waals surface area contributed by atoms with Crippen molar-refractivity contribution in [2.75, 3.05) is 0 Å². The SMILES string of the molecule is CCc1cccc([C](C(C)C)C(C)C)c1C(C)C. The summed E-state index contributed by atoms with van der Waals surface area (Å²) in [6.07, 6.45) is 1.13. The molecule has 1 rings (SSSR count). The molecule has 0 N–H and O–H groups in total. The smallest absolute Gasteiger partial charge is 0.0104 e. The minimum absolute atomic E-state index is 0.601. The average molecular weight is 245 g/mol. The molecule has 18 heavy (non-hydrogen) atoms. The van der Waals surface area contributed by atoms with Crippen molar-refractivity contribution in [2.45, 2.75) is 60.8 Å². The quantitative estimate of drug-likeness (QED) is 0.632. The maximum atomic E-state index is 2.32. The van der Waals surface area contributed by atoms with Gasteiger partial charge in [-0.25, -0.2) is 0 Å². The molecule has 0 atom stereocenters. The molecule has 0 spiro atoms. The van der Waals surface area contributed by atoms with E-state index in [2.05, 4.69) is 66.7 Å². The molecule has 0 aromatic heterocycles. The van der Waals surface area contributed by atoms with Crippen LogP contribution in [0.2, 0.25) is 0 Å². The summed E-state index contributed by atoms with van der Waals surface area (Å²) >= 11 is 0. The first-order valence-corrected chi connectivity index (χ1v) is 7.38. The molecule has 0 fully saturated rings. The second-order valence-corrected chi connectivity index (χ2v) is 6.15. The predicted molar refractivity (Wildman–Crippen MR) is 81.9 cm³/mol. The third-order valence-corrected chi connectivity index (χ3v) is 3.71. The summed E-state index contributed by atoms with van der Waals surface area (Å²) < 4.78 is 0. The van der Waals surface area contributed by atoms with E-state index >= 15 is 0 Å². The van der Waals surface area contributed by atoms with Crippen LogP contribution in [-0.4, -0.2) is 0 Å². The van der Waals surface area contributed by atoms with Gasteiger partial charge >= 0.3 is 0 Å². The topological polar surface area (TPSA) is 0 Å². The van der Waals surface area contributed by atoms with Crippen LogP contribution < -0.4 is 0 Å². The van der Waals surface area contributed by atoms with E-state index in [4.69, 9.17) is 0 Å². The molecule has 0 nitrogen and oxygen atoms in total. The molecule has 0 aliphatic carbocycles. The van der Waals surface area contributed by atoms with Crippen molar-refractivity contribution >= 4 is 0 Å². The molecule has 0 aliphatic rings. The van der Waals surface area contributed by atoms with Crippen LogP contribution in [0.15, 0.2) is 18.2 Å². The zero-order valence-electron chi connectivity index (χ0n) is 13.2. The van der Waals surface area contributed by atoms with Crippen LogP contribution in [0.3, 0.4) is 0 Å². The Bertz CT molecular complexity index is 364. The van der Waals surface area contributed by atoms with Gasteiger partial charge in [0, 0.05) is 5.92 Å². The van der Waals surface area contributed by atoms with E-state index in [-0.39, 0.29) is 0 Å². The second-order valence-electron chi connectivity index (χ2n) is 6.15. The Balaban J connectivity index is 3.38. The van der Waals surface area contributed by atoms with Gasteiger partial charge in [0.2, 0.25) is 0 Å². The zero-order valence-corrected chi connectivity index (χ0v) is 13.2. The summed E-state index contributed by atoms with van der Waals surface area (Å²) in [7, 11) is 0. The summed E-state index contributed by atoms with van der Waals surface area (Å²) in [4.78, 5) is 0. The average Bonchev–Trinajstić information content (AvgIpc) is 2.27. The summed E-state index contributed by atoms with van der Waals surface area (Å²) in [5.41, 5.74) is 4.59. The molecular formula is C18H29. The lowest BCUT2D eigenvalue weighted by molar-refractivity contribution is 0.537. The van der Waals surface area contributed by atoms with Crippen LogP contribution in [0.5, 0.6) is 0 Å². The van der Waals surface area contributed by atoms with Gasteiger partial charge < -0.3 is 0 Å². The first kappa shape index (κ1) is 15.3. The molecule has 1 radical (unpaired) electrons. The number of hydrogen-bond donors (Lipinski definition) is 0. The molecule has 0 bridgehead atoms. The van der Waals surface area contributed by atoms with E-state index in [1.54, 1.807) is 11.5 Å². The fraction of sp³-hybridized carbons (Fsp3) is 0.611. The Morgan fingerprint density at radius 3 is 1.89 bits per heavy atom. The number of aryl methyl sites for hydroxylation is 1. The normalized spacial score (nSPS) is 12.2. The predicted octanol–water partition coefficient (Wildman–Crippen LogP) is 5.61. The van der Waals surface area contributed by atoms with Gasteiger partial charge in [0.05, 0.1) is 0 Å². The molecular weight excluding hydrogens is 216 g/mol. The standard InChI is InChI=1S/C18H29/c1-8-15-10-9-11-16(18(15)14(6)7)17(12(2)3)13(4)5/h9-14H,8H2,1-7H3. The van der Waals surface area contributed by atoms with Gasteiger partial charge in [-0.05, 0) is 40.9 Å². The highest BCUT2D eigenvalue weighted by Crippen LogP contribution is 2.37. The maximum absolute atomic E-state index is 2.32. The van der Waals surface area contributed by atoms with Crippen molar-refractivity contribution in [3.05, 3.63) is 40.8 Å². The fourth-order valence-electron chi connectivity index (χ4n) is 3.14. The molecule has 0 heteroatoms. The lowest BCUT2D eigenvalue weighted by atomic mass is 9.75. The zero-order chi connectivity index (χ0) is 13.9. The molecule has 1 aromatic carbocycles. The van der Waals surface area contributed by atoms with Gasteiger partial charge in [0.25, 0.3) is 0 Å². The number of benzene rings is 1. The van der Waals surface area contributed by atoms with Crippen LogP contribution in [0.25, 0.3) is 0 Å². The van der Waals surface area contributed by atoms with Crippen LogP contribution >= 0.6 is 0 Å². The van der Waals surface area contributed by atoms with E-state index in [0.29, 0.717) is 17.8 Å². The highest BCUT2D eigenvalue weighted by molar-refractivity contribution is 5.46. The molecule has 0 saturated heterocycles. The number of hydrogen-bond acceptors (Lipinski definition) is 0. The third-order valence-electron chi connectivity index (χ3n) is 3.71. The molecule has 0 saturated carbocycles. The Kier molecular flexibility index (Phi) is 5.44. The summed E-state index contributed by atoms with van der Waals surface area (Å²) in [5, 5.41) is 0. The van der Waals surface area contributed by atoms with Crippen LogP contribution in [0.4, 0.5) is 0 Å². The van der Waals surface area contributed by atoms with E-state index in [9.17, 15) is 0 Å². The van der Waals surface area contributed by atoms with E-state index < -0.39 is 0 Å². The van der Waals surface area contributed by atoms with Crippen LogP contribution in [0.1, 0.15) is 71.1 Å². The summed E-state index contributed by atoms with van der Waals surface area (Å²) in [6, 6.07) is 6.84. The van der Waals surface area contributed by atoms with Gasteiger partial charge in [-0.3, -0.25) is 0 Å². The van der Waals surface area contributed by atoms with E-state index in [1.165, 1.54) is 11.1 Å². The first-order valence-electron chi connectivity index (χ1n) is 7.38. The molecule has 0 aliphatic heterocycles. The van der Waals surface area contributed by atoms with E-state index in [1.807, 2.05) is 0 Å². The number of rotatable bonds is 5. The summed E-state index contributed by atoms with van der Waals surface area (Å²) in [6.45, 7) is 16.2. The minimum atomic E-state index is 0.601. The van der Waals surface area contributed by atoms with Crippen molar-refractivity contribution in [1.29, 1.82) is 0 Å². The molecule has 0 unspecified atom stereocenters. The monoisotopic (exact) mass is 245 g/mol. The maximum Gasteiger partial charge on any atom is 0.0104 e. The minimum Gasteiger partial charge on any atom is -0.0619 e. The molecule has 1 aromatic rings. The molecule has 0 amide bonds. The Morgan fingerprint density at radius 2 is 1.50 bits per heavy atom. The van der Waals surface area contributed by atoms with Gasteiger partial charge in [0.15, 0.2) is 0 Å². The van der Waals surface area contributed by atoms with Crippen molar-refractivity contribution in [2.24, 2.45) is 11.8 Å². The highest BCUT2D eigenvalue weighted by Gasteiger charge is 2.24. The molecule has 101 valence electrons. The van der Waals surface area contributed by atoms with Crippen molar-refractivity contribution in [1.82, 2.24) is 0 Å². The van der Waals surface area contributed by atoms with Crippen LogP contribution in [-0.2, 0) is 6.42 Å². The van der Waals surface area contributed by atoms with E-state index in [0.717, 1.165) is 6.42 Å². The summed E-state index contributed by atoms with van der Waals surface area (Å²) in [5.74, 6) is 3.45. The lowest BCUT2D eigenvalue weighted by Gasteiger charge is -2.29. The van der Waals surface area contributed by atoms with Crippen molar-refractivity contribution in [3.8, 4) is 0 Å². The van der Waals surface area contributed by atoms with Gasteiger partial charge in [-0.15, -0.1) is 0 Å². The Labute approximate surface area is 114 Å².